The van der Waals surface area contributed by atoms with E-state index >= 15 is 0 Å². The second kappa shape index (κ2) is 8.49. The van der Waals surface area contributed by atoms with Crippen LogP contribution in [-0.2, 0) is 14.3 Å². The summed E-state index contributed by atoms with van der Waals surface area (Å²) in [5.41, 5.74) is 1.13. The number of methoxy groups -OCH3 is 1. The van der Waals surface area contributed by atoms with Gasteiger partial charge in [0.25, 0.3) is 11.7 Å². The summed E-state index contributed by atoms with van der Waals surface area (Å²) in [4.78, 5) is 27.1. The Morgan fingerprint density at radius 1 is 1.13 bits per heavy atom. The van der Waals surface area contributed by atoms with Crippen molar-refractivity contribution >= 4 is 33.4 Å². The monoisotopic (exact) mass is 473 g/mol. The highest BCUT2D eigenvalue weighted by molar-refractivity contribution is 9.10. The molecule has 0 spiro atoms. The number of fused-ring (bicyclic) bond motifs is 1. The smallest absolute Gasteiger partial charge is 0.295 e. The van der Waals surface area contributed by atoms with E-state index in [1.807, 2.05) is 0 Å². The lowest BCUT2D eigenvalue weighted by molar-refractivity contribution is -0.140. The van der Waals surface area contributed by atoms with Crippen molar-refractivity contribution in [1.82, 2.24) is 4.90 Å². The van der Waals surface area contributed by atoms with Crippen molar-refractivity contribution in [2.45, 2.75) is 6.04 Å². The Morgan fingerprint density at radius 3 is 2.53 bits per heavy atom. The Morgan fingerprint density at radius 2 is 1.83 bits per heavy atom. The number of hydrogen-bond acceptors (Lipinski definition) is 6. The molecular weight excluding hydrogens is 454 g/mol. The minimum atomic E-state index is -0.764. The van der Waals surface area contributed by atoms with Gasteiger partial charge in [0.05, 0.1) is 18.2 Å². The number of nitrogens with zero attached hydrogens (tertiary/aromatic N) is 1. The molecule has 2 heterocycles. The van der Waals surface area contributed by atoms with E-state index in [1.165, 1.54) is 12.0 Å². The van der Waals surface area contributed by atoms with Crippen molar-refractivity contribution in [3.05, 3.63) is 63.6 Å². The fraction of sp³-hybridized carbons (Fsp3) is 0.273. The van der Waals surface area contributed by atoms with Crippen molar-refractivity contribution in [2.24, 2.45) is 0 Å². The van der Waals surface area contributed by atoms with Gasteiger partial charge >= 0.3 is 0 Å². The summed E-state index contributed by atoms with van der Waals surface area (Å²) in [6, 6.07) is 11.4. The number of aliphatic hydroxyl groups excluding tert-OH is 1. The highest BCUT2D eigenvalue weighted by Crippen LogP contribution is 2.42. The van der Waals surface area contributed by atoms with Crippen LogP contribution in [0.1, 0.15) is 17.2 Å². The quantitative estimate of drug-likeness (QED) is 0.407. The van der Waals surface area contributed by atoms with Gasteiger partial charge in [0.15, 0.2) is 11.5 Å². The van der Waals surface area contributed by atoms with Crippen LogP contribution >= 0.6 is 15.9 Å². The van der Waals surface area contributed by atoms with Gasteiger partial charge in [0, 0.05) is 23.7 Å². The minimum absolute atomic E-state index is 0.0371. The molecule has 156 valence electrons. The van der Waals surface area contributed by atoms with E-state index in [-0.39, 0.29) is 24.5 Å². The average molecular weight is 474 g/mol. The van der Waals surface area contributed by atoms with Gasteiger partial charge in [-0.1, -0.05) is 34.1 Å². The van der Waals surface area contributed by atoms with Crippen molar-refractivity contribution in [1.29, 1.82) is 0 Å². The van der Waals surface area contributed by atoms with E-state index < -0.39 is 17.7 Å². The van der Waals surface area contributed by atoms with Gasteiger partial charge in [-0.05, 0) is 29.8 Å². The number of rotatable bonds is 5. The molecule has 8 heteroatoms. The Kier molecular flexibility index (Phi) is 5.78. The molecule has 0 aromatic heterocycles. The first-order chi connectivity index (χ1) is 14.5. The number of Topliss-reactive ketones (excluding diaryl/α,β-unsaturated/α-hetero) is 1. The first-order valence-corrected chi connectivity index (χ1v) is 10.2. The largest absolute Gasteiger partial charge is 0.507 e. The molecule has 2 aliphatic heterocycles. The van der Waals surface area contributed by atoms with Crippen molar-refractivity contribution < 1.29 is 28.9 Å². The summed E-state index contributed by atoms with van der Waals surface area (Å²) in [6.45, 7) is 1.34. The summed E-state index contributed by atoms with van der Waals surface area (Å²) >= 11 is 3.35. The van der Waals surface area contributed by atoms with Crippen LogP contribution in [0.3, 0.4) is 0 Å². The molecule has 0 saturated carbocycles. The standard InChI is InChI=1S/C22H20BrNO6/c1-28-9-8-24-19(14-4-7-16-17(12-14)30-11-10-29-16)18(21(26)22(24)27)20(25)13-2-5-15(23)6-3-13/h2-7,12,19,25H,8-11H2,1H3/b20-18-. The highest BCUT2D eigenvalue weighted by Gasteiger charge is 2.46. The molecule has 2 aromatic rings. The average Bonchev–Trinajstić information content (AvgIpc) is 3.02. The van der Waals surface area contributed by atoms with Gasteiger partial charge in [-0.3, -0.25) is 9.59 Å². The predicted molar refractivity (Wildman–Crippen MR) is 112 cm³/mol. The third kappa shape index (κ3) is 3.68. The molecule has 1 N–H and O–H groups in total. The van der Waals surface area contributed by atoms with Crippen LogP contribution in [0.4, 0.5) is 0 Å². The molecule has 0 radical (unpaired) electrons. The van der Waals surface area contributed by atoms with E-state index in [0.717, 1.165) is 4.47 Å². The summed E-state index contributed by atoms with van der Waals surface area (Å²) in [5.74, 6) is -0.482. The zero-order chi connectivity index (χ0) is 21.3. The number of benzene rings is 2. The van der Waals surface area contributed by atoms with Gasteiger partial charge in [0.2, 0.25) is 0 Å². The molecule has 1 fully saturated rings. The molecule has 1 amide bonds. The maximum Gasteiger partial charge on any atom is 0.295 e. The van der Waals surface area contributed by atoms with Crippen LogP contribution in [0.15, 0.2) is 52.5 Å². The Bertz CT molecular complexity index is 1020. The molecule has 1 atom stereocenters. The van der Waals surface area contributed by atoms with Crippen LogP contribution in [0.5, 0.6) is 11.5 Å². The maximum absolute atomic E-state index is 12.9. The van der Waals surface area contributed by atoms with E-state index in [0.29, 0.717) is 35.8 Å². The van der Waals surface area contributed by atoms with Crippen molar-refractivity contribution in [3.63, 3.8) is 0 Å². The van der Waals surface area contributed by atoms with E-state index in [2.05, 4.69) is 15.9 Å². The molecule has 0 bridgehead atoms. The summed E-state index contributed by atoms with van der Waals surface area (Å²) in [5, 5.41) is 11.0. The zero-order valence-electron chi connectivity index (χ0n) is 16.3. The molecule has 30 heavy (non-hydrogen) atoms. The minimum Gasteiger partial charge on any atom is -0.507 e. The third-order valence-corrected chi connectivity index (χ3v) is 5.60. The van der Waals surface area contributed by atoms with E-state index in [9.17, 15) is 14.7 Å². The van der Waals surface area contributed by atoms with Crippen LogP contribution in [0.2, 0.25) is 0 Å². The van der Waals surface area contributed by atoms with Crippen LogP contribution in [-0.4, -0.2) is 55.2 Å². The second-order valence-corrected chi connectivity index (χ2v) is 7.81. The number of aliphatic hydroxyl groups is 1. The number of hydrogen-bond donors (Lipinski definition) is 1. The van der Waals surface area contributed by atoms with Gasteiger partial charge in [-0.15, -0.1) is 0 Å². The summed E-state index contributed by atoms with van der Waals surface area (Å²) < 4.78 is 17.2. The number of amides is 1. The van der Waals surface area contributed by atoms with E-state index in [4.69, 9.17) is 14.2 Å². The lowest BCUT2D eigenvalue weighted by atomic mass is 9.95. The molecule has 4 rings (SSSR count). The molecule has 1 saturated heterocycles. The van der Waals surface area contributed by atoms with E-state index in [1.54, 1.807) is 42.5 Å². The summed E-state index contributed by atoms with van der Waals surface area (Å²) in [7, 11) is 1.53. The van der Waals surface area contributed by atoms with Crippen molar-refractivity contribution in [3.8, 4) is 11.5 Å². The Labute approximate surface area is 182 Å². The van der Waals surface area contributed by atoms with Gasteiger partial charge < -0.3 is 24.2 Å². The predicted octanol–water partition coefficient (Wildman–Crippen LogP) is 3.29. The zero-order valence-corrected chi connectivity index (χ0v) is 17.8. The van der Waals surface area contributed by atoms with Gasteiger partial charge in [-0.25, -0.2) is 0 Å². The topological polar surface area (TPSA) is 85.3 Å². The molecule has 2 aliphatic rings. The lowest BCUT2D eigenvalue weighted by Crippen LogP contribution is -2.32. The summed E-state index contributed by atoms with van der Waals surface area (Å²) in [6.07, 6.45) is 0. The molecule has 1 unspecified atom stereocenters. The second-order valence-electron chi connectivity index (χ2n) is 6.90. The van der Waals surface area contributed by atoms with Crippen LogP contribution < -0.4 is 9.47 Å². The molecule has 0 aliphatic carbocycles. The molecule has 7 nitrogen and oxygen atoms in total. The number of likely N-dealkylation sites (tertiary alicyclic amines) is 1. The number of carbonyl (C=O) groups excluding carboxylic acids is 2. The first-order valence-electron chi connectivity index (χ1n) is 9.44. The van der Waals surface area contributed by atoms with Crippen LogP contribution in [0.25, 0.3) is 5.76 Å². The van der Waals surface area contributed by atoms with Gasteiger partial charge in [-0.2, -0.15) is 0 Å². The fourth-order valence-electron chi connectivity index (χ4n) is 3.64. The Hall–Kier alpha value is -2.84. The molecular formula is C22H20BrNO6. The van der Waals surface area contributed by atoms with Crippen molar-refractivity contribution in [2.75, 3.05) is 33.5 Å². The highest BCUT2D eigenvalue weighted by atomic mass is 79.9. The SMILES string of the molecule is COCCN1C(=O)C(=O)/C(=C(\O)c2ccc(Br)cc2)C1c1ccc2c(c1)OCCO2. The maximum atomic E-state index is 12.9. The first kappa shape index (κ1) is 20.4. The van der Waals surface area contributed by atoms with Gasteiger partial charge in [0.1, 0.15) is 19.0 Å². The lowest BCUT2D eigenvalue weighted by Gasteiger charge is -2.26. The number of ketones is 1. The Balaban J connectivity index is 1.84. The number of ether oxygens (including phenoxy) is 3. The normalized spacial score (nSPS) is 19.9. The number of halogens is 1. The third-order valence-electron chi connectivity index (χ3n) is 5.08. The number of carbonyl (C=O) groups is 2. The molecule has 2 aromatic carbocycles. The van der Waals surface area contributed by atoms with Crippen LogP contribution in [0, 0.1) is 0 Å². The fourth-order valence-corrected chi connectivity index (χ4v) is 3.90.